The molecule has 0 amide bonds. The third kappa shape index (κ3) is 2.53. The minimum absolute atomic E-state index is 0.508. The van der Waals surface area contributed by atoms with Crippen LogP contribution < -0.4 is 10.5 Å². The molecule has 0 spiro atoms. The molecule has 1 aromatic heterocycles. The standard InChI is InChI=1S/C12H14N2O2/c1-9-8-14-12(16-9)6-7-15-11-5-3-2-4-10(11)13/h2-5,8H,6-7,13H2,1H3. The Morgan fingerprint density at radius 2 is 2.19 bits per heavy atom. The highest BCUT2D eigenvalue weighted by atomic mass is 16.5. The van der Waals surface area contributed by atoms with Crippen LogP contribution in [0.25, 0.3) is 0 Å². The molecular weight excluding hydrogens is 204 g/mol. The van der Waals surface area contributed by atoms with Crippen molar-refractivity contribution in [1.82, 2.24) is 4.98 Å². The summed E-state index contributed by atoms with van der Waals surface area (Å²) in [6.07, 6.45) is 2.34. The van der Waals surface area contributed by atoms with Crippen molar-refractivity contribution in [1.29, 1.82) is 0 Å². The van der Waals surface area contributed by atoms with E-state index in [1.807, 2.05) is 31.2 Å². The van der Waals surface area contributed by atoms with Crippen LogP contribution in [0.4, 0.5) is 5.69 Å². The van der Waals surface area contributed by atoms with Gasteiger partial charge in [-0.15, -0.1) is 0 Å². The molecule has 2 rings (SSSR count). The summed E-state index contributed by atoms with van der Waals surface area (Å²) in [5.74, 6) is 2.20. The first-order valence-corrected chi connectivity index (χ1v) is 5.14. The summed E-state index contributed by atoms with van der Waals surface area (Å²) in [6, 6.07) is 7.42. The Bertz CT molecular complexity index is 466. The van der Waals surface area contributed by atoms with Gasteiger partial charge in [-0.1, -0.05) is 12.1 Å². The van der Waals surface area contributed by atoms with Crippen LogP contribution in [0, 0.1) is 6.92 Å². The van der Waals surface area contributed by atoms with E-state index in [9.17, 15) is 0 Å². The highest BCUT2D eigenvalue weighted by Crippen LogP contribution is 2.19. The number of nitrogen functional groups attached to an aromatic ring is 1. The first-order valence-electron chi connectivity index (χ1n) is 5.14. The molecule has 0 unspecified atom stereocenters. The van der Waals surface area contributed by atoms with E-state index in [1.165, 1.54) is 0 Å². The molecule has 0 radical (unpaired) electrons. The van der Waals surface area contributed by atoms with Crippen LogP contribution in [-0.4, -0.2) is 11.6 Å². The average molecular weight is 218 g/mol. The van der Waals surface area contributed by atoms with E-state index >= 15 is 0 Å². The number of ether oxygens (including phenoxy) is 1. The molecule has 0 fully saturated rings. The van der Waals surface area contributed by atoms with E-state index in [0.717, 1.165) is 5.76 Å². The van der Waals surface area contributed by atoms with Crippen molar-refractivity contribution in [3.8, 4) is 5.75 Å². The van der Waals surface area contributed by atoms with Gasteiger partial charge in [-0.2, -0.15) is 0 Å². The number of aryl methyl sites for hydroxylation is 1. The Hall–Kier alpha value is -1.97. The minimum Gasteiger partial charge on any atom is -0.491 e. The van der Waals surface area contributed by atoms with Gasteiger partial charge in [0.15, 0.2) is 5.89 Å². The highest BCUT2D eigenvalue weighted by Gasteiger charge is 2.02. The van der Waals surface area contributed by atoms with E-state index in [-0.39, 0.29) is 0 Å². The fraction of sp³-hybridized carbons (Fsp3) is 0.250. The van der Waals surface area contributed by atoms with Gasteiger partial charge in [-0.25, -0.2) is 4.98 Å². The topological polar surface area (TPSA) is 61.3 Å². The molecule has 0 saturated carbocycles. The Balaban J connectivity index is 1.87. The zero-order valence-corrected chi connectivity index (χ0v) is 9.14. The van der Waals surface area contributed by atoms with Crippen LogP contribution in [-0.2, 0) is 6.42 Å². The van der Waals surface area contributed by atoms with Crippen molar-refractivity contribution < 1.29 is 9.15 Å². The van der Waals surface area contributed by atoms with Crippen LogP contribution in [0.5, 0.6) is 5.75 Å². The molecule has 1 aromatic carbocycles. The van der Waals surface area contributed by atoms with Gasteiger partial charge in [-0.05, 0) is 19.1 Å². The SMILES string of the molecule is Cc1cnc(CCOc2ccccc2N)o1. The maximum absolute atomic E-state index is 5.74. The van der Waals surface area contributed by atoms with Crippen LogP contribution in [0.2, 0.25) is 0 Å². The number of nitrogens with zero attached hydrogens (tertiary/aromatic N) is 1. The van der Waals surface area contributed by atoms with E-state index in [1.54, 1.807) is 6.20 Å². The lowest BCUT2D eigenvalue weighted by Gasteiger charge is -2.06. The van der Waals surface area contributed by atoms with Crippen LogP contribution >= 0.6 is 0 Å². The maximum atomic E-state index is 5.74. The lowest BCUT2D eigenvalue weighted by atomic mass is 10.3. The van der Waals surface area contributed by atoms with Crippen molar-refractivity contribution in [3.63, 3.8) is 0 Å². The lowest BCUT2D eigenvalue weighted by Crippen LogP contribution is -2.03. The quantitative estimate of drug-likeness (QED) is 0.799. The number of aromatic nitrogens is 1. The molecule has 0 aliphatic carbocycles. The van der Waals surface area contributed by atoms with E-state index < -0.39 is 0 Å². The van der Waals surface area contributed by atoms with E-state index in [4.69, 9.17) is 14.9 Å². The summed E-state index contributed by atoms with van der Waals surface area (Å²) in [5, 5.41) is 0. The second-order valence-corrected chi connectivity index (χ2v) is 3.50. The van der Waals surface area contributed by atoms with Gasteiger partial charge in [-0.3, -0.25) is 0 Å². The molecule has 0 aliphatic rings. The summed E-state index contributed by atoms with van der Waals surface area (Å²) < 4.78 is 10.9. The fourth-order valence-electron chi connectivity index (χ4n) is 1.38. The van der Waals surface area contributed by atoms with Crippen molar-refractivity contribution in [2.75, 3.05) is 12.3 Å². The van der Waals surface area contributed by atoms with Gasteiger partial charge in [0.2, 0.25) is 0 Å². The highest BCUT2D eigenvalue weighted by molar-refractivity contribution is 5.51. The number of anilines is 1. The first kappa shape index (κ1) is 10.5. The number of benzene rings is 1. The monoisotopic (exact) mass is 218 g/mol. The van der Waals surface area contributed by atoms with Crippen molar-refractivity contribution >= 4 is 5.69 Å². The largest absolute Gasteiger partial charge is 0.491 e. The summed E-state index contributed by atoms with van der Waals surface area (Å²) in [7, 11) is 0. The number of rotatable bonds is 4. The van der Waals surface area contributed by atoms with Gasteiger partial charge in [0, 0.05) is 0 Å². The molecule has 2 aromatic rings. The Morgan fingerprint density at radius 1 is 1.38 bits per heavy atom. The maximum Gasteiger partial charge on any atom is 0.197 e. The summed E-state index contributed by atoms with van der Waals surface area (Å²) in [5.41, 5.74) is 6.38. The number of hydrogen-bond donors (Lipinski definition) is 1. The first-order chi connectivity index (χ1) is 7.75. The van der Waals surface area contributed by atoms with Crippen LogP contribution in [0.15, 0.2) is 34.9 Å². The Labute approximate surface area is 94.1 Å². The van der Waals surface area contributed by atoms with E-state index in [0.29, 0.717) is 30.4 Å². The molecule has 0 saturated heterocycles. The van der Waals surface area contributed by atoms with Crippen molar-refractivity contribution in [2.45, 2.75) is 13.3 Å². The van der Waals surface area contributed by atoms with Gasteiger partial charge >= 0.3 is 0 Å². The molecule has 0 atom stereocenters. The summed E-state index contributed by atoms with van der Waals surface area (Å²) in [4.78, 5) is 4.09. The number of hydrogen-bond acceptors (Lipinski definition) is 4. The second-order valence-electron chi connectivity index (χ2n) is 3.50. The molecule has 2 N–H and O–H groups in total. The molecule has 4 heteroatoms. The predicted octanol–water partition coefficient (Wildman–Crippen LogP) is 2.19. The molecule has 1 heterocycles. The summed E-state index contributed by atoms with van der Waals surface area (Å²) >= 11 is 0. The van der Waals surface area contributed by atoms with Crippen molar-refractivity contribution in [3.05, 3.63) is 42.1 Å². The zero-order valence-electron chi connectivity index (χ0n) is 9.14. The van der Waals surface area contributed by atoms with Gasteiger partial charge in [0.05, 0.1) is 24.9 Å². The third-order valence-electron chi connectivity index (χ3n) is 2.16. The normalized spacial score (nSPS) is 10.3. The van der Waals surface area contributed by atoms with Crippen molar-refractivity contribution in [2.24, 2.45) is 0 Å². The number of nitrogens with two attached hydrogens (primary N) is 1. The molecule has 4 nitrogen and oxygen atoms in total. The van der Waals surface area contributed by atoms with Gasteiger partial charge in [0.1, 0.15) is 11.5 Å². The summed E-state index contributed by atoms with van der Waals surface area (Å²) in [6.45, 7) is 2.38. The lowest BCUT2D eigenvalue weighted by molar-refractivity contribution is 0.306. The van der Waals surface area contributed by atoms with Gasteiger partial charge < -0.3 is 14.9 Å². The Kier molecular flexibility index (Phi) is 3.10. The molecular formula is C12H14N2O2. The molecule has 84 valence electrons. The fourth-order valence-corrected chi connectivity index (χ4v) is 1.38. The number of oxazole rings is 1. The zero-order chi connectivity index (χ0) is 11.4. The average Bonchev–Trinajstić information content (AvgIpc) is 2.67. The molecule has 16 heavy (non-hydrogen) atoms. The molecule has 0 aliphatic heterocycles. The van der Waals surface area contributed by atoms with E-state index in [2.05, 4.69) is 4.98 Å². The van der Waals surface area contributed by atoms with Crippen LogP contribution in [0.3, 0.4) is 0 Å². The van der Waals surface area contributed by atoms with Crippen LogP contribution in [0.1, 0.15) is 11.7 Å². The third-order valence-corrected chi connectivity index (χ3v) is 2.16. The predicted molar refractivity (Wildman–Crippen MR) is 61.3 cm³/mol. The smallest absolute Gasteiger partial charge is 0.197 e. The minimum atomic E-state index is 0.508. The number of para-hydroxylation sites is 2. The molecule has 0 bridgehead atoms. The second kappa shape index (κ2) is 4.70. The Morgan fingerprint density at radius 3 is 2.88 bits per heavy atom. The van der Waals surface area contributed by atoms with Gasteiger partial charge in [0.25, 0.3) is 0 Å².